The number of nitrogens with one attached hydrogen (secondary N) is 1. The summed E-state index contributed by atoms with van der Waals surface area (Å²) in [4.78, 5) is 24.9. The summed E-state index contributed by atoms with van der Waals surface area (Å²) >= 11 is 0. The van der Waals surface area contributed by atoms with Gasteiger partial charge >= 0.3 is 12.4 Å². The summed E-state index contributed by atoms with van der Waals surface area (Å²) in [6, 6.07) is 64.2. The first-order chi connectivity index (χ1) is 40.9. The molecule has 84 heavy (non-hydrogen) atoms. The molecule has 0 bridgehead atoms. The molecule has 3 aromatic heterocycles. The summed E-state index contributed by atoms with van der Waals surface area (Å²) in [5, 5.41) is 18.9. The number of nitriles is 1. The minimum Gasteiger partial charge on any atom is -0.324 e. The zero-order valence-electron chi connectivity index (χ0n) is 44.0. The molecule has 12 aromatic rings. The van der Waals surface area contributed by atoms with Crippen molar-refractivity contribution in [2.75, 3.05) is 0 Å². The summed E-state index contributed by atoms with van der Waals surface area (Å²) in [5.74, 6) is 2.63. The number of aromatic nitrogens is 5. The topological polar surface area (TPSA) is 109 Å². The van der Waals surface area contributed by atoms with Crippen LogP contribution in [0.4, 0.5) is 26.3 Å². The van der Waals surface area contributed by atoms with E-state index >= 15 is 13.2 Å². The second-order valence-corrected chi connectivity index (χ2v) is 20.2. The maximum atomic E-state index is 15.5. The zero-order chi connectivity index (χ0) is 57.3. The number of nitrogens with zero attached hydrogens (tertiary/aromatic N) is 8. The quantitative estimate of drug-likeness (QED) is 0.152. The largest absolute Gasteiger partial charge is 0.417 e. The van der Waals surface area contributed by atoms with Crippen molar-refractivity contribution in [3.05, 3.63) is 268 Å². The van der Waals surface area contributed by atoms with E-state index in [0.29, 0.717) is 80.1 Å². The first-order valence-corrected chi connectivity index (χ1v) is 26.7. The van der Waals surface area contributed by atoms with Gasteiger partial charge in [-0.1, -0.05) is 182 Å². The van der Waals surface area contributed by atoms with Gasteiger partial charge in [0.2, 0.25) is 0 Å². The normalized spacial score (nSPS) is 14.0. The lowest BCUT2D eigenvalue weighted by atomic mass is 9.94. The Bertz CT molecular complexity index is 4860. The van der Waals surface area contributed by atoms with Crippen LogP contribution in [0.25, 0.3) is 101 Å². The third-order valence-electron chi connectivity index (χ3n) is 15.1. The van der Waals surface area contributed by atoms with Crippen LogP contribution in [0, 0.1) is 11.3 Å². The average molecular weight is 1110 g/mol. The molecule has 9 nitrogen and oxygen atoms in total. The van der Waals surface area contributed by atoms with Crippen molar-refractivity contribution in [3.63, 3.8) is 0 Å². The molecule has 404 valence electrons. The smallest absolute Gasteiger partial charge is 0.324 e. The molecule has 1 aliphatic carbocycles. The molecule has 0 atom stereocenters. The van der Waals surface area contributed by atoms with E-state index in [4.69, 9.17) is 24.9 Å². The Kier molecular flexibility index (Phi) is 12.3. The third kappa shape index (κ3) is 9.06. The van der Waals surface area contributed by atoms with Gasteiger partial charge in [-0.3, -0.25) is 0 Å². The molecule has 1 aliphatic heterocycles. The number of allylic oxidation sites excluding steroid dienone is 2. The summed E-state index contributed by atoms with van der Waals surface area (Å²) in [6.07, 6.45) is -4.09. The van der Waals surface area contributed by atoms with E-state index in [9.17, 15) is 18.4 Å². The monoisotopic (exact) mass is 1110 g/mol. The van der Waals surface area contributed by atoms with Crippen LogP contribution in [-0.4, -0.2) is 35.8 Å². The van der Waals surface area contributed by atoms with Gasteiger partial charge in [0.05, 0.1) is 44.4 Å². The molecule has 4 heterocycles. The third-order valence-corrected chi connectivity index (χ3v) is 15.1. The van der Waals surface area contributed by atoms with E-state index in [0.717, 1.165) is 50.0 Å². The predicted molar refractivity (Wildman–Crippen MR) is 317 cm³/mol. The van der Waals surface area contributed by atoms with Crippen LogP contribution in [0.3, 0.4) is 0 Å². The maximum absolute atomic E-state index is 15.5. The number of para-hydroxylation sites is 1. The molecule has 0 fully saturated rings. The number of halogens is 6. The van der Waals surface area contributed by atoms with E-state index in [1.165, 1.54) is 12.1 Å². The fourth-order valence-electron chi connectivity index (χ4n) is 11.3. The lowest BCUT2D eigenvalue weighted by molar-refractivity contribution is -0.142. The van der Waals surface area contributed by atoms with Gasteiger partial charge in [-0.25, -0.2) is 24.9 Å². The van der Waals surface area contributed by atoms with Crippen LogP contribution in [0.5, 0.6) is 0 Å². The van der Waals surface area contributed by atoms with E-state index in [1.807, 2.05) is 209 Å². The van der Waals surface area contributed by atoms with Crippen molar-refractivity contribution in [3.8, 4) is 62.7 Å². The van der Waals surface area contributed by atoms with Gasteiger partial charge in [0.15, 0.2) is 23.3 Å². The second-order valence-electron chi connectivity index (χ2n) is 20.2. The van der Waals surface area contributed by atoms with Gasteiger partial charge in [-0.2, -0.15) is 31.6 Å². The molecule has 9 aromatic carbocycles. The minimum absolute atomic E-state index is 0.0598. The first-order valence-electron chi connectivity index (χ1n) is 26.7. The number of alkyl halides is 6. The molecule has 0 spiro atoms. The molecular formula is C69H41F6N9. The highest BCUT2D eigenvalue weighted by Gasteiger charge is 2.39. The highest BCUT2D eigenvalue weighted by molar-refractivity contribution is 6.16. The number of fused-ring (bicyclic) bond motifs is 6. The van der Waals surface area contributed by atoms with Crippen LogP contribution < -0.4 is 15.9 Å². The molecular weight excluding hydrogens is 1070 g/mol. The van der Waals surface area contributed by atoms with Gasteiger partial charge < -0.3 is 14.5 Å². The number of benzene rings is 9. The van der Waals surface area contributed by atoms with Crippen LogP contribution in [-0.2, 0) is 18.8 Å². The highest BCUT2D eigenvalue weighted by Crippen LogP contribution is 2.44. The van der Waals surface area contributed by atoms with Crippen LogP contribution in [0.2, 0.25) is 0 Å². The SMILES string of the molecule is N#Cc1c(-n2c3c(c4ccc(=C5N=C(c6ccccc6)N=C(c6ccccc6)N5)cc42)CC=CC=3)cc(-c2ccc(C(F)(F)F)cc2C(F)(F)F)cc1-n1c2ccccc2c2ccc(-c3nc(-c4ccccc4)nc(-c4ccccc4)n3)cc21. The molecule has 14 rings (SSSR count). The van der Waals surface area contributed by atoms with Crippen LogP contribution in [0.15, 0.2) is 234 Å². The number of hydrogen-bond acceptors (Lipinski definition) is 7. The molecule has 0 unspecified atom stereocenters. The van der Waals surface area contributed by atoms with Crippen molar-refractivity contribution in [2.45, 2.75) is 18.8 Å². The molecule has 2 aliphatic rings. The van der Waals surface area contributed by atoms with E-state index < -0.39 is 29.0 Å². The Balaban J connectivity index is 1.07. The Morgan fingerprint density at radius 1 is 0.476 bits per heavy atom. The average Bonchev–Trinajstić information content (AvgIpc) is 3.33. The lowest BCUT2D eigenvalue weighted by Gasteiger charge is -2.21. The summed E-state index contributed by atoms with van der Waals surface area (Å²) < 4.78 is 93.5. The molecule has 0 amide bonds. The zero-order valence-corrected chi connectivity index (χ0v) is 44.0. The van der Waals surface area contributed by atoms with Crippen molar-refractivity contribution in [2.24, 2.45) is 9.98 Å². The number of rotatable bonds is 8. The van der Waals surface area contributed by atoms with Crippen LogP contribution >= 0.6 is 0 Å². The Morgan fingerprint density at radius 2 is 1.05 bits per heavy atom. The van der Waals surface area contributed by atoms with Gasteiger partial charge in [-0.15, -0.1) is 0 Å². The molecule has 15 heteroatoms. The highest BCUT2D eigenvalue weighted by atomic mass is 19.4. The van der Waals surface area contributed by atoms with Crippen LogP contribution in [0.1, 0.15) is 33.4 Å². The molecule has 1 N–H and O–H groups in total. The first kappa shape index (κ1) is 51.2. The summed E-state index contributed by atoms with van der Waals surface area (Å²) in [5.41, 5.74) is 3.06. The number of aliphatic imine (C=N–C) groups is 2. The molecule has 0 saturated carbocycles. The van der Waals surface area contributed by atoms with Gasteiger partial charge in [-0.05, 0) is 71.7 Å². The van der Waals surface area contributed by atoms with Gasteiger partial charge in [0.25, 0.3) is 0 Å². The fraction of sp³-hybridized carbons (Fsp3) is 0.0435. The lowest BCUT2D eigenvalue weighted by Crippen LogP contribution is -2.31. The predicted octanol–water partition coefficient (Wildman–Crippen LogP) is 14.9. The van der Waals surface area contributed by atoms with Crippen molar-refractivity contribution >= 4 is 56.3 Å². The molecule has 0 radical (unpaired) electrons. The Morgan fingerprint density at radius 3 is 1.69 bits per heavy atom. The fourth-order valence-corrected chi connectivity index (χ4v) is 11.3. The van der Waals surface area contributed by atoms with E-state index in [1.54, 1.807) is 0 Å². The summed E-state index contributed by atoms with van der Waals surface area (Å²) in [7, 11) is 0. The van der Waals surface area contributed by atoms with Crippen molar-refractivity contribution in [1.29, 1.82) is 5.26 Å². The Labute approximate surface area is 475 Å². The maximum Gasteiger partial charge on any atom is 0.417 e. The van der Waals surface area contributed by atoms with Gasteiger partial charge in [0.1, 0.15) is 23.3 Å². The van der Waals surface area contributed by atoms with Crippen molar-refractivity contribution < 1.29 is 26.3 Å². The Hall–Kier alpha value is -11.0. The minimum atomic E-state index is -5.24. The van der Waals surface area contributed by atoms with E-state index in [-0.39, 0.29) is 28.6 Å². The number of hydrogen-bond donors (Lipinski definition) is 1. The molecule has 0 saturated heterocycles. The van der Waals surface area contributed by atoms with Gasteiger partial charge in [0, 0.05) is 49.2 Å². The second kappa shape index (κ2) is 20.2. The standard InChI is InChI=1S/C69H41F6N9/c70-68(71,72)48-31-34-49(55(39-48)69(73,74)75)47-37-60(83-56-27-15-13-25-50(56)52-32-29-45(35-58(52)83)66-79-62(41-17-5-1-6-18-41)77-63(80-66)42-19-7-2-8-20-42)54(40-76)61(38-47)84-57-28-16-14-26-51(57)53-33-30-46(36-59(53)84)67-81-64(43-21-9-3-10-22-43)78-65(82-67)44-23-11-4-12-24-44/h1-25,27-39H,26H2,(H,78,81,82). The van der Waals surface area contributed by atoms with Crippen molar-refractivity contribution in [1.82, 2.24) is 29.4 Å². The van der Waals surface area contributed by atoms with E-state index in [2.05, 4.69) is 11.4 Å². The number of amidine groups is 2. The summed E-state index contributed by atoms with van der Waals surface area (Å²) in [6.45, 7) is 0.